The number of aryl methyl sites for hydroxylation is 1. The maximum Gasteiger partial charge on any atom is 0.0728 e. The van der Waals surface area contributed by atoms with E-state index in [9.17, 15) is 0 Å². The molecule has 12 heavy (non-hydrogen) atoms. The molecular formula is C9H17N3. The molecule has 0 saturated heterocycles. The van der Waals surface area contributed by atoms with Crippen molar-refractivity contribution in [3.63, 3.8) is 0 Å². The zero-order valence-electron chi connectivity index (χ0n) is 8.04. The summed E-state index contributed by atoms with van der Waals surface area (Å²) in [4.78, 5) is 0. The molecule has 0 aromatic carbocycles. The Hall–Kier alpha value is -0.990. The van der Waals surface area contributed by atoms with E-state index in [2.05, 4.69) is 31.2 Å². The summed E-state index contributed by atoms with van der Waals surface area (Å²) in [5.41, 5.74) is 1.12. The van der Waals surface area contributed by atoms with E-state index in [1.807, 2.05) is 17.1 Å². The third-order valence-electron chi connectivity index (χ3n) is 1.98. The average molecular weight is 167 g/mol. The third kappa shape index (κ3) is 2.26. The first-order valence-corrected chi connectivity index (χ1v) is 4.55. The number of nitrogens with one attached hydrogen (secondary N) is 1. The first-order chi connectivity index (χ1) is 5.76. The Morgan fingerprint density at radius 3 is 2.83 bits per heavy atom. The molecule has 0 aliphatic rings. The molecule has 3 heteroatoms. The Kier molecular flexibility index (Phi) is 3.14. The van der Waals surface area contributed by atoms with E-state index in [1.54, 1.807) is 0 Å². The monoisotopic (exact) mass is 167 g/mol. The van der Waals surface area contributed by atoms with Crippen LogP contribution in [-0.2, 0) is 6.54 Å². The van der Waals surface area contributed by atoms with Gasteiger partial charge in [0.05, 0.1) is 11.9 Å². The minimum absolute atomic E-state index is 0.527. The lowest BCUT2D eigenvalue weighted by Gasteiger charge is -2.09. The van der Waals surface area contributed by atoms with Crippen LogP contribution in [0.4, 0.5) is 5.69 Å². The van der Waals surface area contributed by atoms with Gasteiger partial charge in [-0.25, -0.2) is 0 Å². The van der Waals surface area contributed by atoms with Crippen molar-refractivity contribution in [3.8, 4) is 0 Å². The normalized spacial score (nSPS) is 12.9. The van der Waals surface area contributed by atoms with E-state index in [4.69, 9.17) is 0 Å². The summed E-state index contributed by atoms with van der Waals surface area (Å²) in [6, 6.07) is 0.527. The molecule has 0 radical (unpaired) electrons. The Bertz CT molecular complexity index is 229. The summed E-state index contributed by atoms with van der Waals surface area (Å²) in [7, 11) is 0. The minimum Gasteiger partial charge on any atom is -0.380 e. The molecule has 1 unspecified atom stereocenters. The van der Waals surface area contributed by atoms with Gasteiger partial charge in [-0.05, 0) is 20.3 Å². The molecule has 0 bridgehead atoms. The van der Waals surface area contributed by atoms with Crippen LogP contribution in [-0.4, -0.2) is 15.8 Å². The van der Waals surface area contributed by atoms with Crippen LogP contribution in [0.5, 0.6) is 0 Å². The molecule has 1 aromatic rings. The molecule has 0 fully saturated rings. The van der Waals surface area contributed by atoms with E-state index in [1.165, 1.54) is 0 Å². The van der Waals surface area contributed by atoms with E-state index >= 15 is 0 Å². The molecule has 1 atom stereocenters. The lowest BCUT2D eigenvalue weighted by molar-refractivity contribution is 0.659. The van der Waals surface area contributed by atoms with Gasteiger partial charge >= 0.3 is 0 Å². The largest absolute Gasteiger partial charge is 0.380 e. The zero-order chi connectivity index (χ0) is 8.97. The van der Waals surface area contributed by atoms with Gasteiger partial charge in [-0.1, -0.05) is 6.92 Å². The van der Waals surface area contributed by atoms with Crippen molar-refractivity contribution < 1.29 is 0 Å². The maximum atomic E-state index is 4.18. The van der Waals surface area contributed by atoms with Crippen LogP contribution in [0.25, 0.3) is 0 Å². The number of rotatable bonds is 4. The lowest BCUT2D eigenvalue weighted by Crippen LogP contribution is -2.12. The van der Waals surface area contributed by atoms with Crippen molar-refractivity contribution >= 4 is 5.69 Å². The maximum absolute atomic E-state index is 4.18. The fourth-order valence-electron chi connectivity index (χ4n) is 0.998. The Balaban J connectivity index is 2.52. The van der Waals surface area contributed by atoms with Gasteiger partial charge in [0.1, 0.15) is 0 Å². The van der Waals surface area contributed by atoms with Gasteiger partial charge in [-0.15, -0.1) is 0 Å². The molecule has 68 valence electrons. The summed E-state index contributed by atoms with van der Waals surface area (Å²) in [5, 5.41) is 7.54. The molecule has 1 rings (SSSR count). The molecule has 1 aromatic heterocycles. The smallest absolute Gasteiger partial charge is 0.0728 e. The van der Waals surface area contributed by atoms with Gasteiger partial charge in [-0.2, -0.15) is 5.10 Å². The predicted molar refractivity (Wildman–Crippen MR) is 51.3 cm³/mol. The highest BCUT2D eigenvalue weighted by atomic mass is 15.3. The fourth-order valence-corrected chi connectivity index (χ4v) is 0.998. The molecule has 0 aliphatic carbocycles. The Morgan fingerprint density at radius 2 is 2.33 bits per heavy atom. The van der Waals surface area contributed by atoms with Crippen LogP contribution in [0.15, 0.2) is 12.4 Å². The van der Waals surface area contributed by atoms with Crippen molar-refractivity contribution in [1.82, 2.24) is 9.78 Å². The molecule has 0 aliphatic heterocycles. The Labute approximate surface area is 73.8 Å². The summed E-state index contributed by atoms with van der Waals surface area (Å²) < 4.78 is 1.92. The summed E-state index contributed by atoms with van der Waals surface area (Å²) in [5.74, 6) is 0. The van der Waals surface area contributed by atoms with Gasteiger partial charge < -0.3 is 5.32 Å². The standard InChI is InChI=1S/C9H17N3/c1-4-8(3)11-9-6-10-12(5-2)7-9/h6-8,11H,4-5H2,1-3H3. The van der Waals surface area contributed by atoms with E-state index in [-0.39, 0.29) is 0 Å². The zero-order valence-corrected chi connectivity index (χ0v) is 8.04. The number of aromatic nitrogens is 2. The molecule has 0 saturated carbocycles. The van der Waals surface area contributed by atoms with E-state index in [0.29, 0.717) is 6.04 Å². The highest BCUT2D eigenvalue weighted by Crippen LogP contribution is 2.07. The van der Waals surface area contributed by atoms with Crippen molar-refractivity contribution in [2.45, 2.75) is 39.8 Å². The number of hydrogen-bond acceptors (Lipinski definition) is 2. The number of hydrogen-bond donors (Lipinski definition) is 1. The van der Waals surface area contributed by atoms with Crippen LogP contribution in [0.2, 0.25) is 0 Å². The molecule has 0 amide bonds. The first-order valence-electron chi connectivity index (χ1n) is 4.55. The number of anilines is 1. The molecular weight excluding hydrogens is 150 g/mol. The average Bonchev–Trinajstić information content (AvgIpc) is 2.52. The summed E-state index contributed by atoms with van der Waals surface area (Å²) in [6.07, 6.45) is 5.04. The fraction of sp³-hybridized carbons (Fsp3) is 0.667. The van der Waals surface area contributed by atoms with Crippen LogP contribution >= 0.6 is 0 Å². The highest BCUT2D eigenvalue weighted by Gasteiger charge is 2.00. The van der Waals surface area contributed by atoms with Gasteiger partial charge in [0.25, 0.3) is 0 Å². The third-order valence-corrected chi connectivity index (χ3v) is 1.98. The van der Waals surface area contributed by atoms with E-state index < -0.39 is 0 Å². The second-order valence-electron chi connectivity index (χ2n) is 3.04. The van der Waals surface area contributed by atoms with Crippen molar-refractivity contribution in [2.75, 3.05) is 5.32 Å². The predicted octanol–water partition coefficient (Wildman–Crippen LogP) is 2.11. The summed E-state index contributed by atoms with van der Waals surface area (Å²) in [6.45, 7) is 7.35. The van der Waals surface area contributed by atoms with Crippen molar-refractivity contribution in [3.05, 3.63) is 12.4 Å². The quantitative estimate of drug-likeness (QED) is 0.744. The van der Waals surface area contributed by atoms with Gasteiger partial charge in [0.15, 0.2) is 0 Å². The van der Waals surface area contributed by atoms with Gasteiger partial charge in [0, 0.05) is 18.8 Å². The molecule has 0 spiro atoms. The number of nitrogens with zero attached hydrogens (tertiary/aromatic N) is 2. The molecule has 1 N–H and O–H groups in total. The second-order valence-corrected chi connectivity index (χ2v) is 3.04. The summed E-state index contributed by atoms with van der Waals surface area (Å²) >= 11 is 0. The van der Waals surface area contributed by atoms with Gasteiger partial charge in [0.2, 0.25) is 0 Å². The lowest BCUT2D eigenvalue weighted by atomic mass is 10.2. The minimum atomic E-state index is 0.527. The molecule has 3 nitrogen and oxygen atoms in total. The van der Waals surface area contributed by atoms with Crippen LogP contribution in [0, 0.1) is 0 Å². The highest BCUT2D eigenvalue weighted by molar-refractivity contribution is 5.38. The second kappa shape index (κ2) is 4.14. The van der Waals surface area contributed by atoms with Gasteiger partial charge in [-0.3, -0.25) is 4.68 Å². The van der Waals surface area contributed by atoms with E-state index in [0.717, 1.165) is 18.7 Å². The van der Waals surface area contributed by atoms with Crippen molar-refractivity contribution in [2.24, 2.45) is 0 Å². The first kappa shape index (κ1) is 9.10. The SMILES string of the molecule is CCC(C)Nc1cnn(CC)c1. The van der Waals surface area contributed by atoms with Crippen LogP contribution < -0.4 is 5.32 Å². The van der Waals surface area contributed by atoms with Crippen LogP contribution in [0.1, 0.15) is 27.2 Å². The van der Waals surface area contributed by atoms with Crippen LogP contribution in [0.3, 0.4) is 0 Å². The molecule has 1 heterocycles. The topological polar surface area (TPSA) is 29.9 Å². The Morgan fingerprint density at radius 1 is 1.58 bits per heavy atom. The van der Waals surface area contributed by atoms with Crippen molar-refractivity contribution in [1.29, 1.82) is 0 Å².